The van der Waals surface area contributed by atoms with E-state index in [0.29, 0.717) is 0 Å². The zero-order valence-electron chi connectivity index (χ0n) is 12.7. The number of hydrogen-bond donors (Lipinski definition) is 0. The van der Waals surface area contributed by atoms with Gasteiger partial charge in [-0.15, -0.1) is 0 Å². The highest BCUT2D eigenvalue weighted by Crippen LogP contribution is 2.23. The van der Waals surface area contributed by atoms with Gasteiger partial charge in [-0.25, -0.2) is 0 Å². The minimum Gasteiger partial charge on any atom is -0.497 e. The summed E-state index contributed by atoms with van der Waals surface area (Å²) >= 11 is 0. The molecule has 3 nitrogen and oxygen atoms in total. The smallest absolute Gasteiger partial charge is 0.118 e. The Morgan fingerprint density at radius 2 is 1.85 bits per heavy atom. The van der Waals surface area contributed by atoms with Crippen molar-refractivity contribution < 1.29 is 4.74 Å². The Bertz CT molecular complexity index is 528. The zero-order chi connectivity index (χ0) is 14.4. The maximum atomic E-state index is 5.19. The van der Waals surface area contributed by atoms with Gasteiger partial charge >= 0.3 is 0 Å². The fourth-order valence-electron chi connectivity index (χ4n) is 2.41. The SMILES string of the molecule is CCCCCCc1cc(-c2ccc(OC)cc2)n(C)n1. The van der Waals surface area contributed by atoms with E-state index in [1.807, 2.05) is 23.9 Å². The number of aryl methyl sites for hydroxylation is 2. The highest BCUT2D eigenvalue weighted by Gasteiger charge is 2.07. The fourth-order valence-corrected chi connectivity index (χ4v) is 2.41. The molecule has 2 aromatic rings. The Labute approximate surface area is 121 Å². The molecule has 0 radical (unpaired) electrons. The van der Waals surface area contributed by atoms with Crippen LogP contribution in [-0.2, 0) is 13.5 Å². The van der Waals surface area contributed by atoms with Crippen molar-refractivity contribution in [3.05, 3.63) is 36.0 Å². The summed E-state index contributed by atoms with van der Waals surface area (Å²) in [6, 6.07) is 10.3. The number of benzene rings is 1. The zero-order valence-corrected chi connectivity index (χ0v) is 12.7. The monoisotopic (exact) mass is 272 g/mol. The van der Waals surface area contributed by atoms with Crippen molar-refractivity contribution in [2.75, 3.05) is 7.11 Å². The molecule has 1 heterocycles. The second-order valence-electron chi connectivity index (χ2n) is 5.18. The molecule has 20 heavy (non-hydrogen) atoms. The van der Waals surface area contributed by atoms with Crippen LogP contribution in [0.25, 0.3) is 11.3 Å². The number of ether oxygens (including phenoxy) is 1. The molecular weight excluding hydrogens is 248 g/mol. The predicted molar refractivity (Wildman–Crippen MR) is 83.0 cm³/mol. The highest BCUT2D eigenvalue weighted by molar-refractivity contribution is 5.61. The maximum absolute atomic E-state index is 5.19. The summed E-state index contributed by atoms with van der Waals surface area (Å²) < 4.78 is 7.16. The molecule has 2 rings (SSSR count). The van der Waals surface area contributed by atoms with E-state index in [2.05, 4.69) is 30.2 Å². The number of nitrogens with zero attached hydrogens (tertiary/aromatic N) is 2. The molecule has 0 unspecified atom stereocenters. The number of hydrogen-bond acceptors (Lipinski definition) is 2. The van der Waals surface area contributed by atoms with E-state index in [1.54, 1.807) is 7.11 Å². The Morgan fingerprint density at radius 3 is 2.50 bits per heavy atom. The summed E-state index contributed by atoms with van der Waals surface area (Å²) in [5.74, 6) is 0.885. The van der Waals surface area contributed by atoms with E-state index in [4.69, 9.17) is 4.74 Å². The van der Waals surface area contributed by atoms with Crippen LogP contribution in [0.3, 0.4) is 0 Å². The molecule has 3 heteroatoms. The van der Waals surface area contributed by atoms with Crippen LogP contribution in [0.1, 0.15) is 38.3 Å². The average molecular weight is 272 g/mol. The van der Waals surface area contributed by atoms with Gasteiger partial charge in [-0.05, 0) is 43.2 Å². The van der Waals surface area contributed by atoms with E-state index < -0.39 is 0 Å². The molecule has 0 N–H and O–H groups in total. The molecule has 0 fully saturated rings. The van der Waals surface area contributed by atoms with Crippen LogP contribution >= 0.6 is 0 Å². The standard InChI is InChI=1S/C17H24N2O/c1-4-5-6-7-8-15-13-17(19(2)18-15)14-9-11-16(20-3)12-10-14/h9-13H,4-8H2,1-3H3. The summed E-state index contributed by atoms with van der Waals surface area (Å²) in [6.07, 6.45) is 6.19. The Morgan fingerprint density at radius 1 is 1.10 bits per heavy atom. The van der Waals surface area contributed by atoms with E-state index >= 15 is 0 Å². The molecule has 0 saturated carbocycles. The largest absolute Gasteiger partial charge is 0.497 e. The molecule has 0 aliphatic heterocycles. The molecule has 0 spiro atoms. The molecule has 0 saturated heterocycles. The highest BCUT2D eigenvalue weighted by atomic mass is 16.5. The number of unbranched alkanes of at least 4 members (excludes halogenated alkanes) is 3. The minimum absolute atomic E-state index is 0.885. The van der Waals surface area contributed by atoms with Crippen LogP contribution in [0.15, 0.2) is 30.3 Å². The fraction of sp³-hybridized carbons (Fsp3) is 0.471. The normalized spacial score (nSPS) is 10.8. The van der Waals surface area contributed by atoms with Gasteiger partial charge in [-0.1, -0.05) is 26.2 Å². The van der Waals surface area contributed by atoms with E-state index in [0.717, 1.165) is 17.9 Å². The van der Waals surface area contributed by atoms with Crippen LogP contribution in [-0.4, -0.2) is 16.9 Å². The number of methoxy groups -OCH3 is 1. The maximum Gasteiger partial charge on any atom is 0.118 e. The first-order valence-electron chi connectivity index (χ1n) is 7.42. The van der Waals surface area contributed by atoms with Gasteiger partial charge in [0.1, 0.15) is 5.75 Å². The van der Waals surface area contributed by atoms with Gasteiger partial charge in [0.25, 0.3) is 0 Å². The molecule has 1 aromatic carbocycles. The van der Waals surface area contributed by atoms with Crippen molar-refractivity contribution in [3.8, 4) is 17.0 Å². The van der Waals surface area contributed by atoms with E-state index in [9.17, 15) is 0 Å². The molecule has 0 atom stereocenters. The lowest BCUT2D eigenvalue weighted by molar-refractivity contribution is 0.415. The topological polar surface area (TPSA) is 27.1 Å². The average Bonchev–Trinajstić information content (AvgIpc) is 2.85. The molecular formula is C17H24N2O. The van der Waals surface area contributed by atoms with Crippen LogP contribution in [0.4, 0.5) is 0 Å². The van der Waals surface area contributed by atoms with Gasteiger partial charge in [0, 0.05) is 12.6 Å². The molecule has 0 amide bonds. The lowest BCUT2D eigenvalue weighted by atomic mass is 10.1. The van der Waals surface area contributed by atoms with Crippen LogP contribution in [0.5, 0.6) is 5.75 Å². The van der Waals surface area contributed by atoms with Gasteiger partial charge in [-0.2, -0.15) is 5.10 Å². The third-order valence-electron chi connectivity index (χ3n) is 3.60. The summed E-state index contributed by atoms with van der Waals surface area (Å²) in [6.45, 7) is 2.24. The van der Waals surface area contributed by atoms with Crippen molar-refractivity contribution in [3.63, 3.8) is 0 Å². The summed E-state index contributed by atoms with van der Waals surface area (Å²) in [7, 11) is 3.70. The van der Waals surface area contributed by atoms with Gasteiger partial charge in [0.15, 0.2) is 0 Å². The van der Waals surface area contributed by atoms with E-state index in [1.165, 1.54) is 36.9 Å². The van der Waals surface area contributed by atoms with Crippen molar-refractivity contribution >= 4 is 0 Å². The Balaban J connectivity index is 2.06. The minimum atomic E-state index is 0.885. The second kappa shape index (κ2) is 7.13. The van der Waals surface area contributed by atoms with Gasteiger partial charge in [0.05, 0.1) is 18.5 Å². The molecule has 0 bridgehead atoms. The quantitative estimate of drug-likeness (QED) is 0.706. The molecule has 0 aliphatic rings. The summed E-state index contributed by atoms with van der Waals surface area (Å²) in [4.78, 5) is 0. The first-order valence-corrected chi connectivity index (χ1v) is 7.42. The van der Waals surface area contributed by atoms with Crippen LogP contribution in [0, 0.1) is 0 Å². The lowest BCUT2D eigenvalue weighted by Gasteiger charge is -2.03. The summed E-state index contributed by atoms with van der Waals surface area (Å²) in [5, 5.41) is 4.61. The summed E-state index contributed by atoms with van der Waals surface area (Å²) in [5.41, 5.74) is 3.54. The van der Waals surface area contributed by atoms with Gasteiger partial charge < -0.3 is 4.74 Å². The third kappa shape index (κ3) is 3.62. The van der Waals surface area contributed by atoms with Gasteiger partial charge in [-0.3, -0.25) is 4.68 Å². The molecule has 0 aliphatic carbocycles. The van der Waals surface area contributed by atoms with Crippen LogP contribution in [0.2, 0.25) is 0 Å². The van der Waals surface area contributed by atoms with Crippen molar-refractivity contribution in [1.82, 2.24) is 9.78 Å². The number of rotatable bonds is 7. The molecule has 108 valence electrons. The van der Waals surface area contributed by atoms with Crippen molar-refractivity contribution in [1.29, 1.82) is 0 Å². The molecule has 1 aromatic heterocycles. The lowest BCUT2D eigenvalue weighted by Crippen LogP contribution is -1.95. The Hall–Kier alpha value is -1.77. The first-order chi connectivity index (χ1) is 9.74. The Kier molecular flexibility index (Phi) is 5.22. The van der Waals surface area contributed by atoms with Crippen LogP contribution < -0.4 is 4.74 Å². The second-order valence-corrected chi connectivity index (χ2v) is 5.18. The predicted octanol–water partition coefficient (Wildman–Crippen LogP) is 4.22. The van der Waals surface area contributed by atoms with Gasteiger partial charge in [0.2, 0.25) is 0 Å². The number of aromatic nitrogens is 2. The van der Waals surface area contributed by atoms with E-state index in [-0.39, 0.29) is 0 Å². The third-order valence-corrected chi connectivity index (χ3v) is 3.60. The first kappa shape index (κ1) is 14.6. The van der Waals surface area contributed by atoms with Crippen molar-refractivity contribution in [2.45, 2.75) is 39.0 Å². The van der Waals surface area contributed by atoms with Crippen molar-refractivity contribution in [2.24, 2.45) is 7.05 Å².